The van der Waals surface area contributed by atoms with Gasteiger partial charge in [0.15, 0.2) is 0 Å². The molecule has 0 amide bonds. The molecular weight excluding hydrogens is 434 g/mol. The fourth-order valence-electron chi connectivity index (χ4n) is 4.65. The van der Waals surface area contributed by atoms with Crippen LogP contribution in [0.2, 0.25) is 0 Å². The highest BCUT2D eigenvalue weighted by Crippen LogP contribution is 2.24. The van der Waals surface area contributed by atoms with Gasteiger partial charge in [-0.15, -0.1) is 0 Å². The van der Waals surface area contributed by atoms with E-state index >= 15 is 0 Å². The first-order valence-electron chi connectivity index (χ1n) is 11.8. The standard InChI is InChI=1S/C24H33N3O.C2H2O4/c1-28-24-10-6-5-9-22(24)20-25-13-11-23(12-14-25)27-17-15-26(16-18-27)19-21-7-3-2-4-8-21;3-1(4)2(5)6/h2-10,23H,11-20H2,1H3;(H,3,4)(H,5,6). The van der Waals surface area contributed by atoms with Crippen LogP contribution in [0.3, 0.4) is 0 Å². The third kappa shape index (κ3) is 7.83. The second kappa shape index (κ2) is 13.1. The monoisotopic (exact) mass is 469 g/mol. The highest BCUT2D eigenvalue weighted by Gasteiger charge is 2.27. The van der Waals surface area contributed by atoms with Gasteiger partial charge >= 0.3 is 11.9 Å². The van der Waals surface area contributed by atoms with Gasteiger partial charge in [-0.2, -0.15) is 0 Å². The largest absolute Gasteiger partial charge is 0.496 e. The number of para-hydroxylation sites is 1. The second-order valence-electron chi connectivity index (χ2n) is 8.73. The topological polar surface area (TPSA) is 93.5 Å². The molecule has 2 heterocycles. The number of benzene rings is 2. The molecular formula is C26H35N3O5. The maximum atomic E-state index is 9.10. The summed E-state index contributed by atoms with van der Waals surface area (Å²) in [6, 6.07) is 20.0. The molecule has 2 aromatic rings. The van der Waals surface area contributed by atoms with E-state index in [1.807, 2.05) is 6.07 Å². The van der Waals surface area contributed by atoms with E-state index in [2.05, 4.69) is 63.2 Å². The number of piperazine rings is 1. The van der Waals surface area contributed by atoms with Crippen LogP contribution in [0, 0.1) is 0 Å². The molecule has 0 spiro atoms. The number of carboxylic acids is 2. The summed E-state index contributed by atoms with van der Waals surface area (Å²) >= 11 is 0. The van der Waals surface area contributed by atoms with Gasteiger partial charge in [0.05, 0.1) is 7.11 Å². The minimum absolute atomic E-state index is 0.757. The van der Waals surface area contributed by atoms with Crippen LogP contribution in [-0.4, -0.2) is 89.3 Å². The number of carbonyl (C=O) groups is 2. The quantitative estimate of drug-likeness (QED) is 0.624. The van der Waals surface area contributed by atoms with Gasteiger partial charge in [0.25, 0.3) is 0 Å². The van der Waals surface area contributed by atoms with Crippen molar-refractivity contribution >= 4 is 11.9 Å². The lowest BCUT2D eigenvalue weighted by Crippen LogP contribution is -2.52. The van der Waals surface area contributed by atoms with Crippen LogP contribution in [0.25, 0.3) is 0 Å². The Balaban J connectivity index is 0.000000481. The molecule has 4 rings (SSSR count). The van der Waals surface area contributed by atoms with Crippen molar-refractivity contribution in [2.45, 2.75) is 32.0 Å². The summed E-state index contributed by atoms with van der Waals surface area (Å²) in [7, 11) is 1.77. The van der Waals surface area contributed by atoms with E-state index in [4.69, 9.17) is 24.5 Å². The van der Waals surface area contributed by atoms with Crippen molar-refractivity contribution in [2.24, 2.45) is 0 Å². The molecule has 2 N–H and O–H groups in total. The molecule has 0 unspecified atom stereocenters. The molecule has 2 saturated heterocycles. The molecule has 2 aliphatic heterocycles. The Morgan fingerprint density at radius 1 is 0.794 bits per heavy atom. The van der Waals surface area contributed by atoms with Gasteiger partial charge in [0, 0.05) is 50.9 Å². The summed E-state index contributed by atoms with van der Waals surface area (Å²) in [6.45, 7) is 9.27. The number of likely N-dealkylation sites (tertiary alicyclic amines) is 1. The number of aliphatic carboxylic acids is 2. The minimum Gasteiger partial charge on any atom is -0.496 e. The fourth-order valence-corrected chi connectivity index (χ4v) is 4.65. The molecule has 2 aromatic carbocycles. The molecule has 2 aliphatic rings. The summed E-state index contributed by atoms with van der Waals surface area (Å²) in [5.41, 5.74) is 2.73. The van der Waals surface area contributed by atoms with Gasteiger partial charge in [0.2, 0.25) is 0 Å². The van der Waals surface area contributed by atoms with Crippen molar-refractivity contribution in [2.75, 3.05) is 46.4 Å². The lowest BCUT2D eigenvalue weighted by atomic mass is 10.0. The molecule has 0 saturated carbocycles. The van der Waals surface area contributed by atoms with Crippen LogP contribution in [0.1, 0.15) is 24.0 Å². The number of ether oxygens (including phenoxy) is 1. The summed E-state index contributed by atoms with van der Waals surface area (Å²) < 4.78 is 5.52. The Morgan fingerprint density at radius 2 is 1.35 bits per heavy atom. The zero-order valence-electron chi connectivity index (χ0n) is 19.8. The molecule has 184 valence electrons. The number of carboxylic acid groups (broad SMARTS) is 2. The Kier molecular flexibility index (Phi) is 9.88. The lowest BCUT2D eigenvalue weighted by Gasteiger charge is -2.43. The predicted octanol–water partition coefficient (Wildman–Crippen LogP) is 2.63. The fraction of sp³-hybridized carbons (Fsp3) is 0.462. The average Bonchev–Trinajstić information content (AvgIpc) is 2.86. The predicted molar refractivity (Wildman–Crippen MR) is 130 cm³/mol. The molecule has 34 heavy (non-hydrogen) atoms. The Hall–Kier alpha value is -2.94. The van der Waals surface area contributed by atoms with E-state index in [9.17, 15) is 0 Å². The first kappa shape index (κ1) is 25.7. The highest BCUT2D eigenvalue weighted by atomic mass is 16.5. The molecule has 0 atom stereocenters. The zero-order valence-corrected chi connectivity index (χ0v) is 19.8. The normalized spacial score (nSPS) is 18.0. The van der Waals surface area contributed by atoms with E-state index < -0.39 is 11.9 Å². The van der Waals surface area contributed by atoms with Crippen LogP contribution in [0.5, 0.6) is 5.75 Å². The highest BCUT2D eigenvalue weighted by molar-refractivity contribution is 6.27. The molecule has 0 aliphatic carbocycles. The SMILES string of the molecule is COc1ccccc1CN1CCC(N2CCN(Cc3ccccc3)CC2)CC1.O=C(O)C(=O)O. The van der Waals surface area contributed by atoms with E-state index in [0.29, 0.717) is 0 Å². The van der Waals surface area contributed by atoms with Crippen LogP contribution < -0.4 is 4.74 Å². The van der Waals surface area contributed by atoms with Crippen molar-refractivity contribution in [3.8, 4) is 5.75 Å². The van der Waals surface area contributed by atoms with Gasteiger partial charge in [-0.1, -0.05) is 48.5 Å². The summed E-state index contributed by atoms with van der Waals surface area (Å²) in [6.07, 6.45) is 2.57. The lowest BCUT2D eigenvalue weighted by molar-refractivity contribution is -0.159. The van der Waals surface area contributed by atoms with E-state index in [1.165, 1.54) is 63.2 Å². The van der Waals surface area contributed by atoms with Crippen LogP contribution in [-0.2, 0) is 22.7 Å². The number of rotatable bonds is 6. The summed E-state index contributed by atoms with van der Waals surface area (Å²) in [4.78, 5) is 26.1. The Labute approximate surface area is 201 Å². The third-order valence-electron chi connectivity index (χ3n) is 6.50. The Bertz CT molecular complexity index is 896. The number of methoxy groups -OCH3 is 1. The molecule has 0 aromatic heterocycles. The first-order chi connectivity index (χ1) is 16.5. The molecule has 2 fully saturated rings. The van der Waals surface area contributed by atoms with Gasteiger partial charge < -0.3 is 14.9 Å². The summed E-state index contributed by atoms with van der Waals surface area (Å²) in [5.74, 6) is -2.64. The zero-order chi connectivity index (χ0) is 24.3. The smallest absolute Gasteiger partial charge is 0.414 e. The number of nitrogens with zero attached hydrogens (tertiary/aromatic N) is 3. The van der Waals surface area contributed by atoms with Crippen LogP contribution in [0.4, 0.5) is 0 Å². The second-order valence-corrected chi connectivity index (χ2v) is 8.73. The van der Waals surface area contributed by atoms with Gasteiger partial charge in [-0.25, -0.2) is 9.59 Å². The van der Waals surface area contributed by atoms with Crippen molar-refractivity contribution in [3.63, 3.8) is 0 Å². The van der Waals surface area contributed by atoms with Crippen molar-refractivity contribution in [3.05, 3.63) is 65.7 Å². The molecule has 0 bridgehead atoms. The molecule has 8 nitrogen and oxygen atoms in total. The summed E-state index contributed by atoms with van der Waals surface area (Å²) in [5, 5.41) is 14.8. The van der Waals surface area contributed by atoms with Gasteiger partial charge in [-0.3, -0.25) is 14.7 Å². The number of piperidine rings is 1. The Morgan fingerprint density at radius 3 is 1.94 bits per heavy atom. The van der Waals surface area contributed by atoms with Crippen molar-refractivity contribution in [1.82, 2.24) is 14.7 Å². The van der Waals surface area contributed by atoms with E-state index in [1.54, 1.807) is 7.11 Å². The third-order valence-corrected chi connectivity index (χ3v) is 6.50. The molecule has 8 heteroatoms. The number of hydrogen-bond donors (Lipinski definition) is 2. The van der Waals surface area contributed by atoms with Crippen LogP contribution >= 0.6 is 0 Å². The average molecular weight is 470 g/mol. The maximum absolute atomic E-state index is 9.10. The first-order valence-corrected chi connectivity index (χ1v) is 11.8. The maximum Gasteiger partial charge on any atom is 0.414 e. The van der Waals surface area contributed by atoms with Crippen molar-refractivity contribution in [1.29, 1.82) is 0 Å². The molecule has 0 radical (unpaired) electrons. The van der Waals surface area contributed by atoms with Crippen molar-refractivity contribution < 1.29 is 24.5 Å². The van der Waals surface area contributed by atoms with E-state index in [-0.39, 0.29) is 0 Å². The minimum atomic E-state index is -1.82. The van der Waals surface area contributed by atoms with Gasteiger partial charge in [0.1, 0.15) is 5.75 Å². The number of hydrogen-bond acceptors (Lipinski definition) is 6. The van der Waals surface area contributed by atoms with Gasteiger partial charge in [-0.05, 0) is 37.6 Å². The van der Waals surface area contributed by atoms with E-state index in [0.717, 1.165) is 24.9 Å². The van der Waals surface area contributed by atoms with Crippen LogP contribution in [0.15, 0.2) is 54.6 Å².